The predicted octanol–water partition coefficient (Wildman–Crippen LogP) is 3.09. The van der Waals surface area contributed by atoms with E-state index in [4.69, 9.17) is 0 Å². The summed E-state index contributed by atoms with van der Waals surface area (Å²) in [5.41, 5.74) is 1.21. The minimum atomic E-state index is -1.33. The second-order valence-electron chi connectivity index (χ2n) is 5.32. The molecule has 96 valence electrons. The number of carbonyl (C=O) groups excluding carboxylic acids is 1. The number of halogens is 1. The first kappa shape index (κ1) is 12.2. The molecule has 4 heteroatoms. The number of aliphatic hydroxyl groups is 1. The fourth-order valence-corrected chi connectivity index (χ4v) is 3.64. The number of benzene rings is 1. The molecular weight excluding hydrogens is 294 g/mol. The summed E-state index contributed by atoms with van der Waals surface area (Å²) in [6.07, 6.45) is 4.05. The fraction of sp³-hybridized carbons (Fsp3) is 0.500. The van der Waals surface area contributed by atoms with Crippen LogP contribution in [0.3, 0.4) is 0 Å². The lowest BCUT2D eigenvalue weighted by atomic mass is 9.81. The van der Waals surface area contributed by atoms with Crippen LogP contribution < -0.4 is 5.32 Å². The van der Waals surface area contributed by atoms with E-state index in [1.54, 1.807) is 0 Å². The van der Waals surface area contributed by atoms with Crippen LogP contribution in [0.5, 0.6) is 0 Å². The molecule has 1 aromatic carbocycles. The molecule has 0 aromatic heterocycles. The highest BCUT2D eigenvalue weighted by Crippen LogP contribution is 2.49. The molecule has 1 aliphatic heterocycles. The topological polar surface area (TPSA) is 49.3 Å². The van der Waals surface area contributed by atoms with Crippen molar-refractivity contribution in [3.63, 3.8) is 0 Å². The zero-order chi connectivity index (χ0) is 12.9. The fourth-order valence-electron chi connectivity index (χ4n) is 3.20. The van der Waals surface area contributed by atoms with Crippen LogP contribution in [0.1, 0.15) is 36.8 Å². The van der Waals surface area contributed by atoms with Gasteiger partial charge in [-0.25, -0.2) is 0 Å². The first-order valence-corrected chi connectivity index (χ1v) is 7.18. The van der Waals surface area contributed by atoms with E-state index in [2.05, 4.69) is 21.2 Å². The SMILES string of the molecule is Cc1ccc2c(c1Br)NC(=O)C2(O)C1CCCC1. The first-order valence-electron chi connectivity index (χ1n) is 6.38. The maximum atomic E-state index is 12.2. The smallest absolute Gasteiger partial charge is 0.261 e. The quantitative estimate of drug-likeness (QED) is 0.837. The summed E-state index contributed by atoms with van der Waals surface area (Å²) in [4.78, 5) is 12.2. The molecule has 0 spiro atoms. The van der Waals surface area contributed by atoms with Crippen molar-refractivity contribution in [1.29, 1.82) is 0 Å². The number of carbonyl (C=O) groups is 1. The number of amides is 1. The van der Waals surface area contributed by atoms with Gasteiger partial charge in [-0.15, -0.1) is 0 Å². The Bertz CT molecular complexity index is 523. The maximum Gasteiger partial charge on any atom is 0.261 e. The van der Waals surface area contributed by atoms with Crippen molar-refractivity contribution in [2.45, 2.75) is 38.2 Å². The molecule has 3 nitrogen and oxygen atoms in total. The number of hydrogen-bond donors (Lipinski definition) is 2. The van der Waals surface area contributed by atoms with Crippen LogP contribution in [0.15, 0.2) is 16.6 Å². The van der Waals surface area contributed by atoms with Gasteiger partial charge >= 0.3 is 0 Å². The first-order chi connectivity index (χ1) is 8.55. The number of nitrogens with one attached hydrogen (secondary N) is 1. The molecule has 2 N–H and O–H groups in total. The van der Waals surface area contributed by atoms with E-state index in [-0.39, 0.29) is 11.8 Å². The van der Waals surface area contributed by atoms with Crippen LogP contribution in [0.25, 0.3) is 0 Å². The van der Waals surface area contributed by atoms with Gasteiger partial charge in [0.15, 0.2) is 5.60 Å². The van der Waals surface area contributed by atoms with Gasteiger partial charge in [-0.3, -0.25) is 4.79 Å². The molecule has 0 saturated heterocycles. The molecule has 1 aliphatic carbocycles. The highest BCUT2D eigenvalue weighted by molar-refractivity contribution is 9.10. The molecule has 18 heavy (non-hydrogen) atoms. The Balaban J connectivity index is 2.14. The Morgan fingerprint density at radius 2 is 2.06 bits per heavy atom. The molecule has 1 atom stereocenters. The highest BCUT2D eigenvalue weighted by atomic mass is 79.9. The maximum absolute atomic E-state index is 12.2. The lowest BCUT2D eigenvalue weighted by Crippen LogP contribution is -2.40. The Morgan fingerprint density at radius 3 is 2.72 bits per heavy atom. The molecule has 0 radical (unpaired) electrons. The standard InChI is InChI=1S/C14H16BrNO2/c1-8-6-7-10-12(11(8)15)16-13(17)14(10,18)9-4-2-3-5-9/h6-7,9,18H,2-5H2,1H3,(H,16,17). The van der Waals surface area contributed by atoms with Gasteiger partial charge < -0.3 is 10.4 Å². The third-order valence-corrected chi connectivity index (χ3v) is 5.30. The minimum Gasteiger partial charge on any atom is -0.375 e. The van der Waals surface area contributed by atoms with Crippen LogP contribution in [-0.4, -0.2) is 11.0 Å². The lowest BCUT2D eigenvalue weighted by molar-refractivity contribution is -0.139. The second-order valence-corrected chi connectivity index (χ2v) is 6.11. The van der Waals surface area contributed by atoms with E-state index < -0.39 is 5.60 Å². The normalized spacial score (nSPS) is 27.4. The second kappa shape index (κ2) is 4.07. The number of anilines is 1. The van der Waals surface area contributed by atoms with Gasteiger partial charge in [0.1, 0.15) is 0 Å². The molecule has 0 bridgehead atoms. The molecule has 1 unspecified atom stereocenters. The molecule has 1 fully saturated rings. The van der Waals surface area contributed by atoms with Crippen LogP contribution in [0.4, 0.5) is 5.69 Å². The Kier molecular flexibility index (Phi) is 2.75. The van der Waals surface area contributed by atoms with Crippen molar-refractivity contribution < 1.29 is 9.90 Å². The molecule has 1 saturated carbocycles. The van der Waals surface area contributed by atoms with Crippen molar-refractivity contribution in [2.24, 2.45) is 5.92 Å². The molecule has 2 aliphatic rings. The van der Waals surface area contributed by atoms with Gasteiger partial charge in [0, 0.05) is 16.0 Å². The van der Waals surface area contributed by atoms with E-state index in [0.717, 1.165) is 47.0 Å². The summed E-state index contributed by atoms with van der Waals surface area (Å²) in [5, 5.41) is 13.7. The third-order valence-electron chi connectivity index (χ3n) is 4.28. The van der Waals surface area contributed by atoms with E-state index >= 15 is 0 Å². The molecule has 1 amide bonds. The van der Waals surface area contributed by atoms with Crippen LogP contribution in [0.2, 0.25) is 0 Å². The van der Waals surface area contributed by atoms with Gasteiger partial charge in [-0.1, -0.05) is 25.0 Å². The van der Waals surface area contributed by atoms with Gasteiger partial charge in [0.05, 0.1) is 5.69 Å². The van der Waals surface area contributed by atoms with Crippen LogP contribution in [0, 0.1) is 12.8 Å². The Morgan fingerprint density at radius 1 is 1.39 bits per heavy atom. The summed E-state index contributed by atoms with van der Waals surface area (Å²) in [6.45, 7) is 1.98. The van der Waals surface area contributed by atoms with E-state index in [1.165, 1.54) is 0 Å². The average Bonchev–Trinajstić information content (AvgIpc) is 2.94. The number of hydrogen-bond acceptors (Lipinski definition) is 2. The molecule has 1 heterocycles. The summed E-state index contributed by atoms with van der Waals surface area (Å²) < 4.78 is 0.877. The monoisotopic (exact) mass is 309 g/mol. The van der Waals surface area contributed by atoms with Gasteiger partial charge in [-0.2, -0.15) is 0 Å². The molecule has 3 rings (SSSR count). The zero-order valence-corrected chi connectivity index (χ0v) is 11.9. The Hall–Kier alpha value is -0.870. The van der Waals surface area contributed by atoms with Crippen molar-refractivity contribution >= 4 is 27.5 Å². The van der Waals surface area contributed by atoms with E-state index in [0.29, 0.717) is 0 Å². The Labute approximate surface area is 115 Å². The van der Waals surface area contributed by atoms with Gasteiger partial charge in [0.25, 0.3) is 5.91 Å². The lowest BCUT2D eigenvalue weighted by Gasteiger charge is -2.27. The van der Waals surface area contributed by atoms with Crippen molar-refractivity contribution in [3.05, 3.63) is 27.7 Å². The van der Waals surface area contributed by atoms with Crippen molar-refractivity contribution in [3.8, 4) is 0 Å². The average molecular weight is 310 g/mol. The number of rotatable bonds is 1. The number of fused-ring (bicyclic) bond motifs is 1. The van der Waals surface area contributed by atoms with Crippen molar-refractivity contribution in [2.75, 3.05) is 5.32 Å². The number of aryl methyl sites for hydroxylation is 1. The minimum absolute atomic E-state index is 0.0494. The van der Waals surface area contributed by atoms with Crippen molar-refractivity contribution in [1.82, 2.24) is 0 Å². The molecule has 1 aromatic rings. The zero-order valence-electron chi connectivity index (χ0n) is 10.3. The van der Waals surface area contributed by atoms with E-state index in [9.17, 15) is 9.90 Å². The van der Waals surface area contributed by atoms with E-state index in [1.807, 2.05) is 19.1 Å². The third kappa shape index (κ3) is 1.48. The van der Waals surface area contributed by atoms with Crippen LogP contribution >= 0.6 is 15.9 Å². The summed E-state index contributed by atoms with van der Waals surface area (Å²) in [5.74, 6) is -0.218. The summed E-state index contributed by atoms with van der Waals surface area (Å²) in [7, 11) is 0. The largest absolute Gasteiger partial charge is 0.375 e. The van der Waals surface area contributed by atoms with Gasteiger partial charge in [-0.05, 0) is 41.3 Å². The van der Waals surface area contributed by atoms with Gasteiger partial charge in [0.2, 0.25) is 0 Å². The van der Waals surface area contributed by atoms with Crippen LogP contribution in [-0.2, 0) is 10.4 Å². The highest BCUT2D eigenvalue weighted by Gasteiger charge is 2.52. The molecular formula is C14H16BrNO2. The predicted molar refractivity (Wildman–Crippen MR) is 73.4 cm³/mol. The summed E-state index contributed by atoms with van der Waals surface area (Å²) in [6, 6.07) is 3.83. The summed E-state index contributed by atoms with van der Waals surface area (Å²) >= 11 is 3.49.